The molecule has 0 bridgehead atoms. The number of carbonyl (C=O) groups excluding carboxylic acids is 1. The van der Waals surface area contributed by atoms with Crippen molar-refractivity contribution in [3.8, 4) is 0 Å². The fraction of sp³-hybridized carbons (Fsp3) is 0.391. The van der Waals surface area contributed by atoms with E-state index >= 15 is 0 Å². The molecule has 1 amide bonds. The minimum absolute atomic E-state index is 0.0264. The Morgan fingerprint density at radius 1 is 1.03 bits per heavy atom. The number of nitrogens with one attached hydrogen (secondary N) is 1. The van der Waals surface area contributed by atoms with Crippen LogP contribution in [-0.4, -0.2) is 40.9 Å². The third-order valence-corrected chi connectivity index (χ3v) is 8.04. The molecule has 1 aliphatic heterocycles. The molecule has 1 fully saturated rings. The van der Waals surface area contributed by atoms with E-state index in [2.05, 4.69) is 5.32 Å². The lowest BCUT2D eigenvalue weighted by molar-refractivity contribution is -0.120. The second-order valence-corrected chi connectivity index (χ2v) is 10.5. The quantitative estimate of drug-likeness (QED) is 0.638. The number of benzene rings is 2. The van der Waals surface area contributed by atoms with E-state index in [1.807, 2.05) is 37.3 Å². The highest BCUT2D eigenvalue weighted by Crippen LogP contribution is 2.24. The van der Waals surface area contributed by atoms with Crippen LogP contribution in [0.3, 0.4) is 0 Å². The van der Waals surface area contributed by atoms with Crippen molar-refractivity contribution in [1.82, 2.24) is 13.4 Å². The van der Waals surface area contributed by atoms with Crippen molar-refractivity contribution in [3.63, 3.8) is 0 Å². The van der Waals surface area contributed by atoms with Gasteiger partial charge in [0.1, 0.15) is 0 Å². The van der Waals surface area contributed by atoms with Crippen molar-refractivity contribution in [1.29, 1.82) is 0 Å². The Bertz CT molecular complexity index is 1330. The number of sulfonamides is 1. The number of nitrogens with zero attached hydrogens (tertiary/aromatic N) is 3. The van der Waals surface area contributed by atoms with Crippen molar-refractivity contribution < 1.29 is 13.2 Å². The molecular weight excluding hydrogens is 428 g/mol. The Morgan fingerprint density at radius 3 is 2.41 bits per heavy atom. The smallest absolute Gasteiger partial charge is 0.326 e. The lowest BCUT2D eigenvalue weighted by atomic mass is 9.97. The zero-order chi connectivity index (χ0) is 23.0. The van der Waals surface area contributed by atoms with Crippen molar-refractivity contribution in [2.75, 3.05) is 18.4 Å². The van der Waals surface area contributed by atoms with Crippen LogP contribution in [0.25, 0.3) is 11.0 Å². The zero-order valence-corrected chi connectivity index (χ0v) is 19.4. The molecule has 0 saturated carbocycles. The molecule has 3 aromatic rings. The predicted molar refractivity (Wildman–Crippen MR) is 125 cm³/mol. The molecular formula is C23H28N4O4S. The maximum atomic E-state index is 12.8. The molecule has 32 heavy (non-hydrogen) atoms. The van der Waals surface area contributed by atoms with Gasteiger partial charge in [-0.05, 0) is 43.5 Å². The van der Waals surface area contributed by atoms with E-state index in [1.165, 1.54) is 4.31 Å². The molecule has 1 N–H and O–H groups in total. The molecule has 0 spiro atoms. The van der Waals surface area contributed by atoms with E-state index in [9.17, 15) is 18.0 Å². The highest BCUT2D eigenvalue weighted by Gasteiger charge is 2.31. The molecule has 2 aromatic carbocycles. The van der Waals surface area contributed by atoms with E-state index in [0.717, 1.165) is 22.2 Å². The van der Waals surface area contributed by atoms with Crippen LogP contribution in [0.5, 0.6) is 0 Å². The first kappa shape index (κ1) is 22.3. The SMILES string of the molecule is Cc1cccc(CS(=O)(=O)N2CCC(C(=O)Nc3ccc4c(c3)n(C)c(=O)n4C)CC2)c1. The van der Waals surface area contributed by atoms with Gasteiger partial charge in [0.2, 0.25) is 15.9 Å². The lowest BCUT2D eigenvalue weighted by Gasteiger charge is -2.30. The number of hydrogen-bond donors (Lipinski definition) is 1. The average Bonchev–Trinajstić information content (AvgIpc) is 2.97. The Balaban J connectivity index is 1.39. The van der Waals surface area contributed by atoms with E-state index < -0.39 is 10.0 Å². The van der Waals surface area contributed by atoms with Crippen LogP contribution in [0.1, 0.15) is 24.0 Å². The largest absolute Gasteiger partial charge is 0.328 e. The van der Waals surface area contributed by atoms with Crippen LogP contribution in [0.15, 0.2) is 47.3 Å². The number of aryl methyl sites for hydroxylation is 3. The van der Waals surface area contributed by atoms with Gasteiger partial charge in [-0.2, -0.15) is 0 Å². The molecule has 1 saturated heterocycles. The van der Waals surface area contributed by atoms with Crippen LogP contribution in [0.2, 0.25) is 0 Å². The van der Waals surface area contributed by atoms with Gasteiger partial charge in [0, 0.05) is 38.8 Å². The summed E-state index contributed by atoms with van der Waals surface area (Å²) in [7, 11) is -0.0154. The van der Waals surface area contributed by atoms with Crippen molar-refractivity contribution >= 4 is 32.7 Å². The minimum atomic E-state index is -3.43. The van der Waals surface area contributed by atoms with Crippen LogP contribution in [-0.2, 0) is 34.7 Å². The summed E-state index contributed by atoms with van der Waals surface area (Å²) in [5.74, 6) is -0.404. The number of anilines is 1. The third-order valence-electron chi connectivity index (χ3n) is 6.19. The molecule has 1 aromatic heterocycles. The number of rotatable bonds is 5. The van der Waals surface area contributed by atoms with Gasteiger partial charge in [-0.3, -0.25) is 13.9 Å². The summed E-state index contributed by atoms with van der Waals surface area (Å²) in [6.45, 7) is 2.60. The first-order valence-electron chi connectivity index (χ1n) is 10.7. The van der Waals surface area contributed by atoms with E-state index in [-0.39, 0.29) is 23.3 Å². The topological polar surface area (TPSA) is 93.4 Å². The average molecular weight is 457 g/mol. The van der Waals surface area contributed by atoms with Gasteiger partial charge in [0.25, 0.3) is 0 Å². The maximum Gasteiger partial charge on any atom is 0.328 e. The summed E-state index contributed by atoms with van der Waals surface area (Å²) in [5.41, 5.74) is 3.84. The Morgan fingerprint density at radius 2 is 1.72 bits per heavy atom. The first-order valence-corrected chi connectivity index (χ1v) is 12.3. The monoisotopic (exact) mass is 456 g/mol. The van der Waals surface area contributed by atoms with Gasteiger partial charge in [-0.15, -0.1) is 0 Å². The second kappa shape index (κ2) is 8.55. The number of fused-ring (bicyclic) bond motifs is 1. The third kappa shape index (κ3) is 4.35. The van der Waals surface area contributed by atoms with E-state index in [4.69, 9.17) is 0 Å². The molecule has 2 heterocycles. The van der Waals surface area contributed by atoms with Crippen LogP contribution < -0.4 is 11.0 Å². The number of aromatic nitrogens is 2. The van der Waals surface area contributed by atoms with Crippen LogP contribution in [0, 0.1) is 12.8 Å². The fourth-order valence-corrected chi connectivity index (χ4v) is 5.88. The van der Waals surface area contributed by atoms with Gasteiger partial charge in [0.15, 0.2) is 0 Å². The summed E-state index contributed by atoms with van der Waals surface area (Å²) in [5, 5.41) is 2.93. The van der Waals surface area contributed by atoms with Crippen molar-refractivity contribution in [2.45, 2.75) is 25.5 Å². The predicted octanol–water partition coefficient (Wildman–Crippen LogP) is 2.37. The van der Waals surface area contributed by atoms with Crippen LogP contribution in [0.4, 0.5) is 5.69 Å². The normalized spacial score (nSPS) is 15.8. The maximum absolute atomic E-state index is 12.8. The molecule has 0 unspecified atom stereocenters. The van der Waals surface area contributed by atoms with Crippen molar-refractivity contribution in [2.24, 2.45) is 20.0 Å². The van der Waals surface area contributed by atoms with E-state index in [1.54, 1.807) is 35.4 Å². The summed E-state index contributed by atoms with van der Waals surface area (Å²) >= 11 is 0. The van der Waals surface area contributed by atoms with E-state index in [0.29, 0.717) is 31.6 Å². The lowest BCUT2D eigenvalue weighted by Crippen LogP contribution is -2.41. The standard InChI is InChI=1S/C23H28N4O4S/c1-16-5-4-6-17(13-16)15-32(30,31)27-11-9-18(10-12-27)22(28)24-19-7-8-20-21(14-19)26(3)23(29)25(20)2/h4-8,13-14,18H,9-12,15H2,1-3H3,(H,24,28). The Kier molecular flexibility index (Phi) is 5.96. The molecule has 4 rings (SSSR count). The number of piperidine rings is 1. The van der Waals surface area contributed by atoms with Gasteiger partial charge in [0.05, 0.1) is 16.8 Å². The number of amides is 1. The van der Waals surface area contributed by atoms with Crippen molar-refractivity contribution in [3.05, 3.63) is 64.1 Å². The van der Waals surface area contributed by atoms with Gasteiger partial charge < -0.3 is 5.32 Å². The second-order valence-electron chi connectivity index (χ2n) is 8.51. The number of imidazole rings is 1. The number of carbonyl (C=O) groups is 1. The van der Waals surface area contributed by atoms with Crippen LogP contribution >= 0.6 is 0 Å². The summed E-state index contributed by atoms with van der Waals surface area (Å²) < 4.78 is 30.2. The highest BCUT2D eigenvalue weighted by atomic mass is 32.2. The first-order chi connectivity index (χ1) is 15.2. The minimum Gasteiger partial charge on any atom is -0.326 e. The molecule has 0 aliphatic carbocycles. The fourth-order valence-electron chi connectivity index (χ4n) is 4.33. The highest BCUT2D eigenvalue weighted by molar-refractivity contribution is 7.88. The molecule has 0 atom stereocenters. The summed E-state index contributed by atoms with van der Waals surface area (Å²) in [4.78, 5) is 24.9. The molecule has 170 valence electrons. The van der Waals surface area contributed by atoms with Gasteiger partial charge >= 0.3 is 5.69 Å². The molecule has 1 aliphatic rings. The number of hydrogen-bond acceptors (Lipinski definition) is 4. The zero-order valence-electron chi connectivity index (χ0n) is 18.5. The molecule has 9 heteroatoms. The van der Waals surface area contributed by atoms with Gasteiger partial charge in [-0.1, -0.05) is 29.8 Å². The summed E-state index contributed by atoms with van der Waals surface area (Å²) in [6.07, 6.45) is 0.954. The molecule has 0 radical (unpaired) electrons. The van der Waals surface area contributed by atoms with Gasteiger partial charge in [-0.25, -0.2) is 17.5 Å². The molecule has 8 nitrogen and oxygen atoms in total. The Hall–Kier alpha value is -2.91. The summed E-state index contributed by atoms with van der Waals surface area (Å²) in [6, 6.07) is 12.9. The Labute approximate surface area is 187 Å².